The minimum atomic E-state index is -1.40. The van der Waals surface area contributed by atoms with Crippen LogP contribution in [-0.2, 0) is 38.1 Å². The topological polar surface area (TPSA) is 105 Å². The van der Waals surface area contributed by atoms with Crippen molar-refractivity contribution in [3.63, 3.8) is 0 Å². The number of hydrogen-bond acceptors (Lipinski definition) is 8. The Morgan fingerprint density at radius 2 is 1.57 bits per heavy atom. The predicted molar refractivity (Wildman–Crippen MR) is 115 cm³/mol. The summed E-state index contributed by atoms with van der Waals surface area (Å²) in [6.07, 6.45) is 6.00. The summed E-state index contributed by atoms with van der Waals surface area (Å²) in [5, 5.41) is 0. The smallest absolute Gasteiger partial charge is 0.344 e. The first-order valence-electron chi connectivity index (χ1n) is 8.76. The number of hydrogen-bond donors (Lipinski definition) is 0. The summed E-state index contributed by atoms with van der Waals surface area (Å²) in [7, 11) is 0. The van der Waals surface area contributed by atoms with E-state index in [9.17, 15) is 19.2 Å². The van der Waals surface area contributed by atoms with E-state index in [2.05, 4.69) is 45.0 Å². The molecule has 0 aliphatic heterocycles. The van der Waals surface area contributed by atoms with E-state index in [-0.39, 0.29) is 0 Å². The lowest BCUT2D eigenvalue weighted by atomic mass is 9.96. The van der Waals surface area contributed by atoms with Crippen LogP contribution >= 0.6 is 31.9 Å². The van der Waals surface area contributed by atoms with Crippen LogP contribution in [0, 0.1) is 5.92 Å². The van der Waals surface area contributed by atoms with Crippen molar-refractivity contribution in [1.29, 1.82) is 0 Å². The average molecular weight is 550 g/mol. The average Bonchev–Trinajstić information content (AvgIpc) is 2.69. The minimum absolute atomic E-state index is 0.305. The van der Waals surface area contributed by atoms with Gasteiger partial charge in [-0.15, -0.1) is 0 Å². The molecule has 0 aromatic heterocycles. The van der Waals surface area contributed by atoms with Crippen LogP contribution in [0.3, 0.4) is 0 Å². The van der Waals surface area contributed by atoms with Crippen LogP contribution < -0.4 is 0 Å². The summed E-state index contributed by atoms with van der Waals surface area (Å²) in [5.74, 6) is -3.82. The molecule has 0 amide bonds. The highest BCUT2D eigenvalue weighted by atomic mass is 79.9. The van der Waals surface area contributed by atoms with Crippen molar-refractivity contribution >= 4 is 55.7 Å². The fraction of sp³-hybridized carbons (Fsp3) is 0.400. The van der Waals surface area contributed by atoms with Crippen LogP contribution in [-0.4, -0.2) is 53.6 Å². The number of esters is 4. The normalized spacial score (nSPS) is 22.0. The molecule has 0 saturated heterocycles. The third-order valence-electron chi connectivity index (χ3n) is 3.69. The standard InChI is InChI=1S/C20H22Br2O8/c1-5-12(3)29-16(23)10-27-18(25)14-7-8-20(22,9-15(14)21)19(26)28-11-17(24)30-13(4)6-2/h5-9,12-14H,1-2,10-11H2,3-4H3. The second-order valence-electron chi connectivity index (χ2n) is 6.18. The molecule has 1 rings (SSSR count). The first-order chi connectivity index (χ1) is 14.0. The summed E-state index contributed by atoms with van der Waals surface area (Å²) in [4.78, 5) is 47.8. The van der Waals surface area contributed by atoms with E-state index in [1.165, 1.54) is 30.4 Å². The van der Waals surface area contributed by atoms with Crippen molar-refractivity contribution in [1.82, 2.24) is 0 Å². The summed E-state index contributed by atoms with van der Waals surface area (Å²) >= 11 is 6.44. The molecule has 0 saturated carbocycles. The van der Waals surface area contributed by atoms with Gasteiger partial charge < -0.3 is 18.9 Å². The van der Waals surface area contributed by atoms with Gasteiger partial charge in [0.15, 0.2) is 17.5 Å². The highest BCUT2D eigenvalue weighted by Gasteiger charge is 2.38. The second-order valence-corrected chi connectivity index (χ2v) is 8.41. The Labute approximate surface area is 191 Å². The highest BCUT2D eigenvalue weighted by molar-refractivity contribution is 9.12. The quantitative estimate of drug-likeness (QED) is 0.177. The molecule has 0 spiro atoms. The molecule has 8 nitrogen and oxygen atoms in total. The molecule has 4 unspecified atom stereocenters. The third-order valence-corrected chi connectivity index (χ3v) is 5.23. The largest absolute Gasteiger partial charge is 0.456 e. The molecule has 0 fully saturated rings. The van der Waals surface area contributed by atoms with Gasteiger partial charge in [0.2, 0.25) is 0 Å². The van der Waals surface area contributed by atoms with Crippen LogP contribution in [0.25, 0.3) is 0 Å². The van der Waals surface area contributed by atoms with Gasteiger partial charge >= 0.3 is 23.9 Å². The van der Waals surface area contributed by atoms with E-state index in [0.717, 1.165) is 0 Å². The lowest BCUT2D eigenvalue weighted by molar-refractivity contribution is -0.161. The molecule has 1 aliphatic carbocycles. The van der Waals surface area contributed by atoms with E-state index in [1.807, 2.05) is 0 Å². The summed E-state index contributed by atoms with van der Waals surface area (Å²) in [6.45, 7) is 9.04. The Morgan fingerprint density at radius 3 is 2.03 bits per heavy atom. The maximum absolute atomic E-state index is 12.3. The van der Waals surface area contributed by atoms with Gasteiger partial charge in [-0.1, -0.05) is 69.3 Å². The van der Waals surface area contributed by atoms with Crippen molar-refractivity contribution in [2.75, 3.05) is 13.2 Å². The molecule has 0 heterocycles. The molecule has 0 N–H and O–H groups in total. The molecule has 0 aromatic carbocycles. The molecular weight excluding hydrogens is 528 g/mol. The fourth-order valence-corrected chi connectivity index (χ4v) is 3.54. The Kier molecular flexibility index (Phi) is 10.2. The maximum Gasteiger partial charge on any atom is 0.344 e. The predicted octanol–water partition coefficient (Wildman–Crippen LogP) is 2.91. The van der Waals surface area contributed by atoms with Crippen LogP contribution in [0.2, 0.25) is 0 Å². The van der Waals surface area contributed by atoms with E-state index >= 15 is 0 Å². The van der Waals surface area contributed by atoms with E-state index < -0.39 is 59.5 Å². The van der Waals surface area contributed by atoms with Crippen LogP contribution in [0.15, 0.2) is 48.0 Å². The molecule has 164 valence electrons. The van der Waals surface area contributed by atoms with Crippen molar-refractivity contribution < 1.29 is 38.1 Å². The molecule has 30 heavy (non-hydrogen) atoms. The van der Waals surface area contributed by atoms with E-state index in [4.69, 9.17) is 18.9 Å². The van der Waals surface area contributed by atoms with Gasteiger partial charge in [-0.3, -0.25) is 4.79 Å². The van der Waals surface area contributed by atoms with Crippen molar-refractivity contribution in [3.05, 3.63) is 48.0 Å². The van der Waals surface area contributed by atoms with Crippen molar-refractivity contribution in [2.24, 2.45) is 5.92 Å². The zero-order chi connectivity index (χ0) is 22.9. The van der Waals surface area contributed by atoms with E-state index in [0.29, 0.717) is 4.48 Å². The first kappa shape index (κ1) is 25.8. The zero-order valence-electron chi connectivity index (χ0n) is 16.5. The third kappa shape index (κ3) is 7.91. The zero-order valence-corrected chi connectivity index (χ0v) is 19.6. The molecule has 0 bridgehead atoms. The number of carbonyl (C=O) groups is 4. The van der Waals surface area contributed by atoms with Crippen molar-refractivity contribution in [2.45, 2.75) is 30.4 Å². The van der Waals surface area contributed by atoms with Crippen LogP contribution in [0.5, 0.6) is 0 Å². The monoisotopic (exact) mass is 548 g/mol. The van der Waals surface area contributed by atoms with Gasteiger partial charge in [0.25, 0.3) is 0 Å². The first-order valence-corrected chi connectivity index (χ1v) is 10.4. The second kappa shape index (κ2) is 11.8. The van der Waals surface area contributed by atoms with Crippen LogP contribution in [0.4, 0.5) is 0 Å². The molecule has 4 atom stereocenters. The van der Waals surface area contributed by atoms with Gasteiger partial charge in [0.1, 0.15) is 18.1 Å². The summed E-state index contributed by atoms with van der Waals surface area (Å²) < 4.78 is 18.7. The number of rotatable bonds is 10. The van der Waals surface area contributed by atoms with Gasteiger partial charge in [-0.25, -0.2) is 14.4 Å². The number of carbonyl (C=O) groups excluding carboxylic acids is 4. The summed E-state index contributed by atoms with van der Waals surface area (Å²) in [6, 6.07) is 0. The molecule has 1 aliphatic rings. The Bertz CT molecular complexity index is 773. The Hall–Kier alpha value is -2.20. The van der Waals surface area contributed by atoms with Gasteiger partial charge in [0.05, 0.1) is 0 Å². The lowest BCUT2D eigenvalue weighted by Gasteiger charge is -2.25. The Balaban J connectivity index is 2.63. The molecule has 0 radical (unpaired) electrons. The Morgan fingerprint density at radius 1 is 1.07 bits per heavy atom. The highest BCUT2D eigenvalue weighted by Crippen LogP contribution is 2.36. The molecule has 10 heteroatoms. The van der Waals surface area contributed by atoms with Gasteiger partial charge in [-0.2, -0.15) is 0 Å². The lowest BCUT2D eigenvalue weighted by Crippen LogP contribution is -2.35. The number of alkyl halides is 1. The maximum atomic E-state index is 12.3. The van der Waals surface area contributed by atoms with Gasteiger partial charge in [0, 0.05) is 4.48 Å². The summed E-state index contributed by atoms with van der Waals surface area (Å²) in [5.41, 5.74) is 0. The van der Waals surface area contributed by atoms with E-state index in [1.54, 1.807) is 13.8 Å². The molecular formula is C20H22Br2O8. The number of halogens is 2. The SMILES string of the molecule is C=CC(C)OC(=O)COC(=O)C1C=CC(Br)(C(=O)OCC(=O)OC(C)C=C)C=C1Br. The van der Waals surface area contributed by atoms with Crippen molar-refractivity contribution in [3.8, 4) is 0 Å². The molecule has 0 aromatic rings. The van der Waals surface area contributed by atoms with Crippen LogP contribution in [0.1, 0.15) is 13.8 Å². The van der Waals surface area contributed by atoms with Gasteiger partial charge in [-0.05, 0) is 19.9 Å². The number of ether oxygens (including phenoxy) is 4. The fourth-order valence-electron chi connectivity index (χ4n) is 2.02. The minimum Gasteiger partial charge on any atom is -0.456 e.